The van der Waals surface area contributed by atoms with Gasteiger partial charge >= 0.3 is 6.61 Å². The highest BCUT2D eigenvalue weighted by Crippen LogP contribution is 2.35. The van der Waals surface area contributed by atoms with Crippen molar-refractivity contribution >= 4 is 40.1 Å². The molecule has 2 atom stereocenters. The smallest absolute Gasteiger partial charge is 0.387 e. The number of nitrogens with zero attached hydrogens (tertiary/aromatic N) is 5. The van der Waals surface area contributed by atoms with Crippen molar-refractivity contribution in [2.45, 2.75) is 25.1 Å². The lowest BCUT2D eigenvalue weighted by Crippen LogP contribution is -2.44. The SMILES string of the molecule is Fc1c(Nc2ncnc3cnc(N4C[C@@H]5C[C@H]4CN5)nc23)ccc(OC(F)F)c1Cl. The van der Waals surface area contributed by atoms with Gasteiger partial charge in [0.1, 0.15) is 28.1 Å². The lowest BCUT2D eigenvalue weighted by Gasteiger charge is -2.27. The fourth-order valence-electron chi connectivity index (χ4n) is 3.82. The number of rotatable bonds is 5. The molecule has 0 radical (unpaired) electrons. The van der Waals surface area contributed by atoms with Gasteiger partial charge in [0.25, 0.3) is 0 Å². The quantitative estimate of drug-likeness (QED) is 0.629. The summed E-state index contributed by atoms with van der Waals surface area (Å²) in [5.41, 5.74) is 0.816. The Morgan fingerprint density at radius 1 is 1.27 bits per heavy atom. The third-order valence-electron chi connectivity index (χ3n) is 5.19. The number of anilines is 3. The molecule has 0 amide bonds. The molecule has 2 fully saturated rings. The number of alkyl halides is 2. The summed E-state index contributed by atoms with van der Waals surface area (Å²) >= 11 is 5.83. The van der Waals surface area contributed by atoms with Crippen LogP contribution in [0, 0.1) is 5.82 Å². The Morgan fingerprint density at radius 3 is 2.87 bits per heavy atom. The van der Waals surface area contributed by atoms with Crippen LogP contribution in [0.25, 0.3) is 11.0 Å². The van der Waals surface area contributed by atoms with E-state index in [1.165, 1.54) is 12.4 Å². The number of aromatic nitrogens is 4. The number of hydrogen-bond acceptors (Lipinski definition) is 8. The van der Waals surface area contributed by atoms with Crippen LogP contribution >= 0.6 is 11.6 Å². The summed E-state index contributed by atoms with van der Waals surface area (Å²) in [6.07, 6.45) is 3.92. The molecule has 2 bridgehead atoms. The second-order valence-electron chi connectivity index (χ2n) is 7.02. The molecule has 0 saturated carbocycles. The fraction of sp³-hybridized carbons (Fsp3) is 0.333. The van der Waals surface area contributed by atoms with E-state index in [1.54, 1.807) is 6.20 Å². The molecule has 156 valence electrons. The van der Waals surface area contributed by atoms with Gasteiger partial charge < -0.3 is 20.3 Å². The van der Waals surface area contributed by atoms with Crippen molar-refractivity contribution < 1.29 is 17.9 Å². The number of nitrogens with one attached hydrogen (secondary N) is 2. The Hall–Kier alpha value is -2.92. The molecular weight excluding hydrogens is 423 g/mol. The second kappa shape index (κ2) is 7.40. The van der Waals surface area contributed by atoms with Gasteiger partial charge in [-0.3, -0.25) is 0 Å². The Balaban J connectivity index is 1.49. The summed E-state index contributed by atoms with van der Waals surface area (Å²) in [6, 6.07) is 3.13. The van der Waals surface area contributed by atoms with Gasteiger partial charge in [0.2, 0.25) is 5.95 Å². The normalized spacial score (nSPS) is 20.4. The summed E-state index contributed by atoms with van der Waals surface area (Å²) < 4.78 is 43.7. The number of ether oxygens (including phenoxy) is 1. The number of benzene rings is 1. The molecule has 0 unspecified atom stereocenters. The molecule has 2 aliphatic rings. The molecule has 2 aromatic heterocycles. The zero-order chi connectivity index (χ0) is 20.8. The van der Waals surface area contributed by atoms with Gasteiger partial charge in [-0.15, -0.1) is 0 Å². The van der Waals surface area contributed by atoms with E-state index in [-0.39, 0.29) is 11.5 Å². The maximum atomic E-state index is 14.6. The topological polar surface area (TPSA) is 88.1 Å². The molecule has 5 rings (SSSR count). The van der Waals surface area contributed by atoms with Gasteiger partial charge in [-0.25, -0.2) is 24.3 Å². The maximum Gasteiger partial charge on any atom is 0.387 e. The second-order valence-corrected chi connectivity index (χ2v) is 7.39. The predicted octanol–water partition coefficient (Wildman–Crippen LogP) is 3.11. The summed E-state index contributed by atoms with van der Waals surface area (Å²) in [4.78, 5) is 19.5. The summed E-state index contributed by atoms with van der Waals surface area (Å²) in [6.45, 7) is -1.43. The van der Waals surface area contributed by atoms with Crippen molar-refractivity contribution in [3.8, 4) is 5.75 Å². The van der Waals surface area contributed by atoms with Crippen LogP contribution < -0.4 is 20.3 Å². The monoisotopic (exact) mass is 437 g/mol. The zero-order valence-corrected chi connectivity index (χ0v) is 16.1. The number of piperazine rings is 1. The standard InChI is InChI=1S/C18H15ClF3N7O/c19-13-12(30-17(21)22)2-1-10(14(13)20)27-16-15-11(25-7-26-16)5-24-18(28-15)29-6-8-3-9(29)4-23-8/h1-2,5,7-9,17,23H,3-4,6H2,(H,25,26,27)/t8-,9-/m0/s1. The molecule has 1 aromatic carbocycles. The van der Waals surface area contributed by atoms with Crippen molar-refractivity contribution in [3.05, 3.63) is 35.5 Å². The van der Waals surface area contributed by atoms with Gasteiger partial charge in [0, 0.05) is 25.2 Å². The molecule has 2 saturated heterocycles. The first-order valence-corrected chi connectivity index (χ1v) is 9.55. The van der Waals surface area contributed by atoms with E-state index in [0.29, 0.717) is 29.1 Å². The third kappa shape index (κ3) is 3.33. The Labute approximate surface area is 173 Å². The third-order valence-corrected chi connectivity index (χ3v) is 5.55. The average Bonchev–Trinajstić information content (AvgIpc) is 3.37. The summed E-state index contributed by atoms with van der Waals surface area (Å²) in [5, 5.41) is 5.67. The maximum absolute atomic E-state index is 14.6. The molecule has 2 N–H and O–H groups in total. The summed E-state index contributed by atoms with van der Waals surface area (Å²) in [7, 11) is 0. The largest absolute Gasteiger partial charge is 0.433 e. The van der Waals surface area contributed by atoms with Crippen molar-refractivity contribution in [3.63, 3.8) is 0 Å². The Bertz CT molecular complexity index is 1120. The summed E-state index contributed by atoms with van der Waals surface area (Å²) in [5.74, 6) is -0.611. The first-order valence-electron chi connectivity index (χ1n) is 9.17. The first kappa shape index (κ1) is 19.1. The van der Waals surface area contributed by atoms with E-state index >= 15 is 0 Å². The Morgan fingerprint density at radius 2 is 2.13 bits per heavy atom. The number of halogens is 4. The highest BCUT2D eigenvalue weighted by molar-refractivity contribution is 6.32. The van der Waals surface area contributed by atoms with Crippen LogP contribution in [0.1, 0.15) is 6.42 Å². The van der Waals surface area contributed by atoms with E-state index < -0.39 is 23.2 Å². The van der Waals surface area contributed by atoms with Crippen LogP contribution in [0.3, 0.4) is 0 Å². The highest BCUT2D eigenvalue weighted by Gasteiger charge is 2.39. The minimum atomic E-state index is -3.11. The van der Waals surface area contributed by atoms with Gasteiger partial charge in [0.15, 0.2) is 11.6 Å². The van der Waals surface area contributed by atoms with E-state index in [4.69, 9.17) is 11.6 Å². The number of hydrogen-bond donors (Lipinski definition) is 2. The minimum absolute atomic E-state index is 0.0637. The molecule has 4 heterocycles. The average molecular weight is 438 g/mol. The zero-order valence-electron chi connectivity index (χ0n) is 15.3. The van der Waals surface area contributed by atoms with Gasteiger partial charge in [-0.05, 0) is 18.6 Å². The van der Waals surface area contributed by atoms with Crippen LogP contribution in [0.4, 0.5) is 30.6 Å². The fourth-order valence-corrected chi connectivity index (χ4v) is 4.03. The van der Waals surface area contributed by atoms with Gasteiger partial charge in [-0.2, -0.15) is 8.78 Å². The lowest BCUT2D eigenvalue weighted by atomic mass is 10.2. The molecule has 12 heteroatoms. The molecule has 2 aliphatic heterocycles. The van der Waals surface area contributed by atoms with Gasteiger partial charge in [0.05, 0.1) is 11.9 Å². The molecule has 30 heavy (non-hydrogen) atoms. The Kier molecular flexibility index (Phi) is 4.70. The van der Waals surface area contributed by atoms with Gasteiger partial charge in [-0.1, -0.05) is 11.6 Å². The van der Waals surface area contributed by atoms with E-state index in [0.717, 1.165) is 25.6 Å². The van der Waals surface area contributed by atoms with Crippen LogP contribution in [0.2, 0.25) is 5.02 Å². The van der Waals surface area contributed by atoms with Crippen LogP contribution in [0.5, 0.6) is 5.75 Å². The van der Waals surface area contributed by atoms with E-state index in [2.05, 4.69) is 40.2 Å². The molecule has 0 spiro atoms. The van der Waals surface area contributed by atoms with Crippen molar-refractivity contribution in [2.75, 3.05) is 23.3 Å². The lowest BCUT2D eigenvalue weighted by molar-refractivity contribution is -0.0499. The molecule has 8 nitrogen and oxygen atoms in total. The highest BCUT2D eigenvalue weighted by atomic mass is 35.5. The molecule has 0 aliphatic carbocycles. The van der Waals surface area contributed by atoms with E-state index in [1.807, 2.05) is 0 Å². The minimum Gasteiger partial charge on any atom is -0.433 e. The van der Waals surface area contributed by atoms with Crippen molar-refractivity contribution in [1.29, 1.82) is 0 Å². The van der Waals surface area contributed by atoms with Crippen LogP contribution in [-0.2, 0) is 0 Å². The van der Waals surface area contributed by atoms with E-state index in [9.17, 15) is 13.2 Å². The van der Waals surface area contributed by atoms with Crippen molar-refractivity contribution in [2.24, 2.45) is 0 Å². The molecule has 3 aromatic rings. The van der Waals surface area contributed by atoms with Crippen molar-refractivity contribution in [1.82, 2.24) is 25.3 Å². The number of fused-ring (bicyclic) bond motifs is 3. The first-order chi connectivity index (χ1) is 14.5. The van der Waals surface area contributed by atoms with Crippen LogP contribution in [-0.4, -0.2) is 51.7 Å². The predicted molar refractivity (Wildman–Crippen MR) is 104 cm³/mol. The molecular formula is C18H15ClF3N7O. The van der Waals surface area contributed by atoms with Crippen LogP contribution in [0.15, 0.2) is 24.7 Å².